The van der Waals surface area contributed by atoms with Crippen LogP contribution in [0.1, 0.15) is 29.6 Å². The monoisotopic (exact) mass is 367 g/mol. The van der Waals surface area contributed by atoms with Gasteiger partial charge < -0.3 is 15.1 Å². The number of hydrogen-bond acceptors (Lipinski definition) is 3. The van der Waals surface area contributed by atoms with Gasteiger partial charge in [0.1, 0.15) is 0 Å². The third-order valence-electron chi connectivity index (χ3n) is 3.71. The molecule has 0 saturated carbocycles. The third-order valence-corrected chi connectivity index (χ3v) is 4.20. The standard InChI is InChI=1S/C16H22BrN3O2/c1-19(2)16(22)13-7-6-12(17)11-14(13)18-8-4-10-20-9-3-5-15(20)21/h6-7,11,18H,3-5,8-10H2,1-2H3. The number of anilines is 1. The molecule has 1 aromatic rings. The van der Waals surface area contributed by atoms with Crippen LogP contribution in [0.25, 0.3) is 0 Å². The van der Waals surface area contributed by atoms with Gasteiger partial charge in [0.05, 0.1) is 5.56 Å². The van der Waals surface area contributed by atoms with Crippen LogP contribution in [0.15, 0.2) is 22.7 Å². The molecule has 1 saturated heterocycles. The van der Waals surface area contributed by atoms with Crippen LogP contribution in [-0.4, -0.2) is 55.3 Å². The molecule has 1 heterocycles. The minimum absolute atomic E-state index is 0.0234. The SMILES string of the molecule is CN(C)C(=O)c1ccc(Br)cc1NCCCN1CCCC1=O. The Balaban J connectivity index is 1.92. The maximum Gasteiger partial charge on any atom is 0.255 e. The number of rotatable bonds is 6. The lowest BCUT2D eigenvalue weighted by atomic mass is 10.1. The number of likely N-dealkylation sites (tertiary alicyclic amines) is 1. The molecule has 5 nitrogen and oxygen atoms in total. The summed E-state index contributed by atoms with van der Waals surface area (Å²) in [5.41, 5.74) is 1.48. The highest BCUT2D eigenvalue weighted by atomic mass is 79.9. The summed E-state index contributed by atoms with van der Waals surface area (Å²) in [6, 6.07) is 5.60. The first-order valence-electron chi connectivity index (χ1n) is 7.52. The molecule has 0 aliphatic carbocycles. The number of benzene rings is 1. The predicted molar refractivity (Wildman–Crippen MR) is 91.1 cm³/mol. The molecular formula is C16H22BrN3O2. The van der Waals surface area contributed by atoms with E-state index in [0.29, 0.717) is 12.0 Å². The van der Waals surface area contributed by atoms with E-state index in [1.54, 1.807) is 19.0 Å². The average Bonchev–Trinajstić information content (AvgIpc) is 2.88. The number of amides is 2. The molecule has 6 heteroatoms. The van der Waals surface area contributed by atoms with Crippen LogP contribution in [-0.2, 0) is 4.79 Å². The number of halogens is 1. The summed E-state index contributed by atoms with van der Waals surface area (Å²) < 4.78 is 0.931. The van der Waals surface area contributed by atoms with E-state index in [1.807, 2.05) is 23.1 Å². The summed E-state index contributed by atoms with van der Waals surface area (Å²) in [5.74, 6) is 0.232. The zero-order valence-corrected chi connectivity index (χ0v) is 14.6. The van der Waals surface area contributed by atoms with Crippen molar-refractivity contribution in [2.75, 3.05) is 39.0 Å². The molecule has 2 amide bonds. The highest BCUT2D eigenvalue weighted by Crippen LogP contribution is 2.22. The smallest absolute Gasteiger partial charge is 0.255 e. The average molecular weight is 368 g/mol. The van der Waals surface area contributed by atoms with E-state index in [9.17, 15) is 9.59 Å². The Morgan fingerprint density at radius 3 is 2.82 bits per heavy atom. The zero-order valence-electron chi connectivity index (χ0n) is 13.1. The molecule has 0 unspecified atom stereocenters. The second-order valence-electron chi connectivity index (χ2n) is 5.65. The quantitative estimate of drug-likeness (QED) is 0.786. The minimum Gasteiger partial charge on any atom is -0.384 e. The van der Waals surface area contributed by atoms with Gasteiger partial charge in [0.2, 0.25) is 5.91 Å². The van der Waals surface area contributed by atoms with Crippen molar-refractivity contribution in [1.29, 1.82) is 0 Å². The fourth-order valence-corrected chi connectivity index (χ4v) is 2.88. The first-order chi connectivity index (χ1) is 10.5. The Bertz CT molecular complexity index is 560. The lowest BCUT2D eigenvalue weighted by Gasteiger charge is -2.18. The summed E-state index contributed by atoms with van der Waals surface area (Å²) >= 11 is 3.44. The maximum atomic E-state index is 12.2. The number of carbonyl (C=O) groups is 2. The van der Waals surface area contributed by atoms with Gasteiger partial charge in [-0.2, -0.15) is 0 Å². The molecule has 0 spiro atoms. The molecule has 1 aromatic carbocycles. The lowest BCUT2D eigenvalue weighted by molar-refractivity contribution is -0.127. The predicted octanol–water partition coefficient (Wildman–Crippen LogP) is 2.58. The van der Waals surface area contributed by atoms with Crippen LogP contribution in [0, 0.1) is 0 Å². The van der Waals surface area contributed by atoms with Crippen molar-refractivity contribution in [2.24, 2.45) is 0 Å². The molecule has 0 radical (unpaired) electrons. The number of nitrogens with zero attached hydrogens (tertiary/aromatic N) is 2. The van der Waals surface area contributed by atoms with Gasteiger partial charge in [-0.05, 0) is 31.0 Å². The molecule has 0 aromatic heterocycles. The molecule has 0 atom stereocenters. The third kappa shape index (κ3) is 4.22. The van der Waals surface area contributed by atoms with Gasteiger partial charge in [0.25, 0.3) is 5.91 Å². The lowest BCUT2D eigenvalue weighted by Crippen LogP contribution is -2.27. The maximum absolute atomic E-state index is 12.2. The molecule has 1 fully saturated rings. The van der Waals surface area contributed by atoms with Gasteiger partial charge in [0.15, 0.2) is 0 Å². The Hall–Kier alpha value is -1.56. The highest BCUT2D eigenvalue weighted by Gasteiger charge is 2.19. The van der Waals surface area contributed by atoms with Crippen LogP contribution >= 0.6 is 15.9 Å². The van der Waals surface area contributed by atoms with Crippen LogP contribution in [0.2, 0.25) is 0 Å². The molecule has 0 bridgehead atoms. The summed E-state index contributed by atoms with van der Waals surface area (Å²) in [4.78, 5) is 27.2. The number of hydrogen-bond donors (Lipinski definition) is 1. The number of carbonyl (C=O) groups excluding carboxylic acids is 2. The fraction of sp³-hybridized carbons (Fsp3) is 0.500. The van der Waals surface area contributed by atoms with Gasteiger partial charge in [-0.25, -0.2) is 0 Å². The van der Waals surface area contributed by atoms with Gasteiger partial charge in [0, 0.05) is 50.3 Å². The van der Waals surface area contributed by atoms with Gasteiger partial charge in [-0.1, -0.05) is 15.9 Å². The highest BCUT2D eigenvalue weighted by molar-refractivity contribution is 9.10. The van der Waals surface area contributed by atoms with Gasteiger partial charge in [-0.15, -0.1) is 0 Å². The van der Waals surface area contributed by atoms with Crippen molar-refractivity contribution in [3.05, 3.63) is 28.2 Å². The molecule has 1 aliphatic rings. The summed E-state index contributed by atoms with van der Waals surface area (Å²) in [7, 11) is 3.49. The van der Waals surface area contributed by atoms with Crippen molar-refractivity contribution in [2.45, 2.75) is 19.3 Å². The van der Waals surface area contributed by atoms with Crippen LogP contribution in [0.3, 0.4) is 0 Å². The van der Waals surface area contributed by atoms with Crippen LogP contribution < -0.4 is 5.32 Å². The van der Waals surface area contributed by atoms with Crippen molar-refractivity contribution in [3.8, 4) is 0 Å². The topological polar surface area (TPSA) is 52.7 Å². The van der Waals surface area contributed by atoms with Crippen LogP contribution in [0.5, 0.6) is 0 Å². The van der Waals surface area contributed by atoms with Crippen molar-refractivity contribution >= 4 is 33.4 Å². The van der Waals surface area contributed by atoms with E-state index >= 15 is 0 Å². The molecule has 2 rings (SSSR count). The Morgan fingerprint density at radius 1 is 1.41 bits per heavy atom. The second kappa shape index (κ2) is 7.63. The van der Waals surface area contributed by atoms with Crippen molar-refractivity contribution in [1.82, 2.24) is 9.80 Å². The van der Waals surface area contributed by atoms with E-state index in [0.717, 1.165) is 42.6 Å². The minimum atomic E-state index is -0.0234. The summed E-state index contributed by atoms with van der Waals surface area (Å²) in [6.07, 6.45) is 2.52. The Kier molecular flexibility index (Phi) is 5.83. The Labute approximate surface area is 139 Å². The van der Waals surface area contributed by atoms with Crippen molar-refractivity contribution in [3.63, 3.8) is 0 Å². The number of nitrogens with one attached hydrogen (secondary N) is 1. The van der Waals surface area contributed by atoms with Crippen molar-refractivity contribution < 1.29 is 9.59 Å². The van der Waals surface area contributed by atoms with Crippen LogP contribution in [0.4, 0.5) is 5.69 Å². The second-order valence-corrected chi connectivity index (χ2v) is 6.57. The molecular weight excluding hydrogens is 346 g/mol. The summed E-state index contributed by atoms with van der Waals surface area (Å²) in [6.45, 7) is 2.38. The van der Waals surface area contributed by atoms with E-state index in [-0.39, 0.29) is 11.8 Å². The largest absolute Gasteiger partial charge is 0.384 e. The first-order valence-corrected chi connectivity index (χ1v) is 8.31. The van der Waals surface area contributed by atoms with E-state index < -0.39 is 0 Å². The van der Waals surface area contributed by atoms with Gasteiger partial charge >= 0.3 is 0 Å². The molecule has 1 aliphatic heterocycles. The molecule has 120 valence electrons. The fourth-order valence-electron chi connectivity index (χ4n) is 2.52. The normalized spacial score (nSPS) is 14.3. The zero-order chi connectivity index (χ0) is 16.1. The molecule has 22 heavy (non-hydrogen) atoms. The van der Waals surface area contributed by atoms with E-state index in [4.69, 9.17) is 0 Å². The van der Waals surface area contributed by atoms with E-state index in [1.165, 1.54) is 0 Å². The molecule has 1 N–H and O–H groups in total. The first kappa shape index (κ1) is 16.8. The van der Waals surface area contributed by atoms with Gasteiger partial charge in [-0.3, -0.25) is 9.59 Å². The van der Waals surface area contributed by atoms with E-state index in [2.05, 4.69) is 21.2 Å². The summed E-state index contributed by atoms with van der Waals surface area (Å²) in [5, 5.41) is 3.31. The Morgan fingerprint density at radius 2 is 2.18 bits per heavy atom.